The van der Waals surface area contributed by atoms with E-state index in [2.05, 4.69) is 23.8 Å². The van der Waals surface area contributed by atoms with E-state index in [4.69, 9.17) is 24.8 Å². The molecule has 0 aliphatic carbocycles. The number of nitrogens with two attached hydrogens (primary N) is 1. The SMILES string of the molecule is COP(=O)(OC1OC(n2cnc3c(N)ncnc32)C(O)C1O)OP(=O)(O)CP(=O)(O)O. The number of nitrogen functional groups attached to an aromatic ring is 1. The Balaban J connectivity index is 1.81. The Morgan fingerprint density at radius 3 is 2.45 bits per heavy atom. The molecule has 2 aromatic heterocycles. The number of rotatable bonds is 8. The number of fused-ring (bicyclic) bond motifs is 1. The second-order valence-electron chi connectivity index (χ2n) is 6.22. The highest BCUT2D eigenvalue weighted by molar-refractivity contribution is 7.73. The van der Waals surface area contributed by atoms with Crippen LogP contribution in [0.3, 0.4) is 0 Å². The van der Waals surface area contributed by atoms with Crippen LogP contribution in [0.2, 0.25) is 0 Å². The van der Waals surface area contributed by atoms with Gasteiger partial charge < -0.3 is 35.4 Å². The van der Waals surface area contributed by atoms with Crippen molar-refractivity contribution < 1.29 is 56.7 Å². The van der Waals surface area contributed by atoms with E-state index in [0.717, 1.165) is 13.4 Å². The van der Waals surface area contributed by atoms with Crippen molar-refractivity contribution in [2.75, 3.05) is 18.7 Å². The van der Waals surface area contributed by atoms with E-state index in [1.54, 1.807) is 0 Å². The Labute approximate surface area is 173 Å². The fourth-order valence-corrected chi connectivity index (χ4v) is 7.36. The van der Waals surface area contributed by atoms with E-state index in [1.807, 2.05) is 0 Å². The van der Waals surface area contributed by atoms with Gasteiger partial charge in [-0.2, -0.15) is 0 Å². The molecule has 31 heavy (non-hydrogen) atoms. The maximum Gasteiger partial charge on any atom is 0.484 e. The number of imidazole rings is 1. The van der Waals surface area contributed by atoms with E-state index < -0.39 is 53.6 Å². The molecule has 1 saturated heterocycles. The first-order valence-electron chi connectivity index (χ1n) is 8.12. The number of hydrogen-bond acceptors (Lipinski definition) is 13. The van der Waals surface area contributed by atoms with Gasteiger partial charge in [0, 0.05) is 7.11 Å². The van der Waals surface area contributed by atoms with Gasteiger partial charge in [-0.05, 0) is 0 Å². The third kappa shape index (κ3) is 5.37. The first kappa shape index (κ1) is 24.3. The van der Waals surface area contributed by atoms with Gasteiger partial charge in [-0.25, -0.2) is 23.8 Å². The van der Waals surface area contributed by atoms with Gasteiger partial charge in [-0.15, -0.1) is 0 Å². The molecule has 0 saturated carbocycles. The molecule has 1 fully saturated rings. The number of phosphoric ester groups is 1. The number of aliphatic hydroxyl groups excluding tert-OH is 2. The number of nitrogens with zero attached hydrogens (tertiary/aromatic N) is 4. The van der Waals surface area contributed by atoms with Crippen molar-refractivity contribution in [3.63, 3.8) is 0 Å². The van der Waals surface area contributed by atoms with E-state index in [0.29, 0.717) is 0 Å². The van der Waals surface area contributed by atoms with Gasteiger partial charge >= 0.3 is 23.0 Å². The number of phosphoric acid groups is 1. The monoisotopic (exact) mass is 505 g/mol. The summed E-state index contributed by atoms with van der Waals surface area (Å²) in [5.41, 5.74) is 5.97. The predicted molar refractivity (Wildman–Crippen MR) is 99.2 cm³/mol. The first-order chi connectivity index (χ1) is 14.3. The molecule has 0 bridgehead atoms. The molecule has 3 rings (SSSR count). The van der Waals surface area contributed by atoms with Crippen LogP contribution in [0.5, 0.6) is 0 Å². The Hall–Kier alpha value is -1.32. The molecular weight excluding hydrogens is 487 g/mol. The van der Waals surface area contributed by atoms with Crippen molar-refractivity contribution >= 4 is 40.0 Å². The molecule has 17 nitrogen and oxygen atoms in total. The zero-order valence-electron chi connectivity index (χ0n) is 15.5. The zero-order chi connectivity index (χ0) is 23.2. The number of ether oxygens (including phenoxy) is 1. The van der Waals surface area contributed by atoms with Crippen molar-refractivity contribution in [2.24, 2.45) is 0 Å². The third-order valence-electron chi connectivity index (χ3n) is 3.90. The first-order valence-corrected chi connectivity index (χ1v) is 13.1. The molecule has 6 atom stereocenters. The summed E-state index contributed by atoms with van der Waals surface area (Å²) in [5, 5.41) is 20.5. The topological polar surface area (TPSA) is 259 Å². The van der Waals surface area contributed by atoms with Crippen LogP contribution in [-0.4, -0.2) is 75.9 Å². The quantitative estimate of drug-likeness (QED) is 0.237. The molecule has 1 aliphatic heterocycles. The summed E-state index contributed by atoms with van der Waals surface area (Å²) in [4.78, 5) is 38.9. The van der Waals surface area contributed by atoms with Crippen LogP contribution in [0.15, 0.2) is 12.7 Å². The Kier molecular flexibility index (Phi) is 6.71. The van der Waals surface area contributed by atoms with Crippen LogP contribution >= 0.6 is 23.0 Å². The summed E-state index contributed by atoms with van der Waals surface area (Å²) < 4.78 is 55.5. The van der Waals surface area contributed by atoms with Crippen LogP contribution in [0, 0.1) is 0 Å². The number of hydrogen-bond donors (Lipinski definition) is 6. The molecule has 3 heterocycles. The number of anilines is 1. The molecule has 7 N–H and O–H groups in total. The van der Waals surface area contributed by atoms with Crippen LogP contribution in [0.4, 0.5) is 5.82 Å². The second-order valence-corrected chi connectivity index (χ2v) is 12.1. The van der Waals surface area contributed by atoms with Crippen molar-refractivity contribution in [2.45, 2.75) is 24.7 Å². The molecular formula is C11H18N5O12P3. The highest BCUT2D eigenvalue weighted by Crippen LogP contribution is 2.67. The van der Waals surface area contributed by atoms with Crippen LogP contribution in [0.25, 0.3) is 11.2 Å². The van der Waals surface area contributed by atoms with Gasteiger partial charge in [0.1, 0.15) is 24.1 Å². The second kappa shape index (κ2) is 8.56. The average molecular weight is 505 g/mol. The van der Waals surface area contributed by atoms with Gasteiger partial charge in [-0.1, -0.05) is 0 Å². The molecule has 0 aromatic carbocycles. The maximum absolute atomic E-state index is 12.6. The van der Waals surface area contributed by atoms with Gasteiger partial charge in [0.05, 0.1) is 6.33 Å². The summed E-state index contributed by atoms with van der Waals surface area (Å²) in [6, 6.07) is 0. The van der Waals surface area contributed by atoms with Gasteiger partial charge in [0.2, 0.25) is 0 Å². The van der Waals surface area contributed by atoms with E-state index in [1.165, 1.54) is 10.9 Å². The minimum Gasteiger partial charge on any atom is -0.385 e. The lowest BCUT2D eigenvalue weighted by Gasteiger charge is -2.23. The number of aromatic nitrogens is 4. The molecule has 1 aliphatic rings. The molecule has 0 radical (unpaired) electrons. The van der Waals surface area contributed by atoms with Crippen LogP contribution in [-0.2, 0) is 31.8 Å². The molecule has 0 spiro atoms. The normalized spacial score (nSPS) is 28.5. The fourth-order valence-electron chi connectivity index (χ4n) is 2.64. The average Bonchev–Trinajstić information content (AvgIpc) is 3.16. The molecule has 20 heteroatoms. The zero-order valence-corrected chi connectivity index (χ0v) is 18.2. The third-order valence-corrected chi connectivity index (χ3v) is 9.54. The Morgan fingerprint density at radius 1 is 1.16 bits per heavy atom. The Bertz CT molecular complexity index is 1110. The Morgan fingerprint density at radius 2 is 1.84 bits per heavy atom. The minimum absolute atomic E-state index is 0.0330. The van der Waals surface area contributed by atoms with Crippen molar-refractivity contribution in [3.05, 3.63) is 12.7 Å². The van der Waals surface area contributed by atoms with Crippen LogP contribution < -0.4 is 5.73 Å². The fraction of sp³-hybridized carbons (Fsp3) is 0.545. The lowest BCUT2D eigenvalue weighted by molar-refractivity contribution is -0.134. The highest BCUT2D eigenvalue weighted by atomic mass is 31.3. The lowest BCUT2D eigenvalue weighted by Crippen LogP contribution is -2.32. The molecule has 6 unspecified atom stereocenters. The van der Waals surface area contributed by atoms with Gasteiger partial charge in [-0.3, -0.25) is 22.7 Å². The van der Waals surface area contributed by atoms with Crippen LogP contribution in [0.1, 0.15) is 6.23 Å². The summed E-state index contributed by atoms with van der Waals surface area (Å²) in [5.74, 6) is -1.64. The van der Waals surface area contributed by atoms with E-state index in [9.17, 15) is 28.8 Å². The molecule has 0 amide bonds. The molecule has 174 valence electrons. The summed E-state index contributed by atoms with van der Waals surface area (Å²) >= 11 is 0. The standard InChI is InChI=1S/C11H18N5O12P3/c1-25-31(24,28-30(22,23)4-29(19,20)21)27-11-7(18)6(17)10(26-11)16-3-15-5-8(12)13-2-14-9(5)16/h2-3,6-7,10-11,17-18H,4H2,1H3,(H,22,23)(H2,12,13,14)(H2,19,20,21). The summed E-state index contributed by atoms with van der Waals surface area (Å²) in [6.07, 6.45) is -4.58. The smallest absolute Gasteiger partial charge is 0.385 e. The van der Waals surface area contributed by atoms with Crippen molar-refractivity contribution in [3.8, 4) is 0 Å². The molecule has 2 aromatic rings. The van der Waals surface area contributed by atoms with Crippen molar-refractivity contribution in [1.82, 2.24) is 19.5 Å². The largest absolute Gasteiger partial charge is 0.484 e. The lowest BCUT2D eigenvalue weighted by atomic mass is 10.2. The van der Waals surface area contributed by atoms with Crippen molar-refractivity contribution in [1.29, 1.82) is 0 Å². The van der Waals surface area contributed by atoms with E-state index in [-0.39, 0.29) is 17.0 Å². The predicted octanol–water partition coefficient (Wildman–Crippen LogP) is -0.907. The van der Waals surface area contributed by atoms with Gasteiger partial charge in [0.25, 0.3) is 0 Å². The minimum atomic E-state index is -5.17. The maximum atomic E-state index is 12.6. The summed E-state index contributed by atoms with van der Waals surface area (Å²) in [7, 11) is -14.5. The number of aliphatic hydroxyl groups is 2. The van der Waals surface area contributed by atoms with Gasteiger partial charge in [0.15, 0.2) is 29.9 Å². The highest BCUT2D eigenvalue weighted by Gasteiger charge is 2.50. The summed E-state index contributed by atoms with van der Waals surface area (Å²) in [6.45, 7) is 0. The van der Waals surface area contributed by atoms with E-state index >= 15 is 0 Å².